The van der Waals surface area contributed by atoms with E-state index in [1.807, 2.05) is 43.4 Å². The van der Waals surface area contributed by atoms with E-state index >= 15 is 0 Å². The molecule has 2 atom stereocenters. The first-order valence-corrected chi connectivity index (χ1v) is 11.4. The van der Waals surface area contributed by atoms with Gasteiger partial charge in [-0.1, -0.05) is 36.4 Å². The fourth-order valence-electron chi connectivity index (χ4n) is 3.67. The molecule has 2 heterocycles. The average Bonchev–Trinajstić information content (AvgIpc) is 3.17. The van der Waals surface area contributed by atoms with Crippen LogP contribution >= 0.6 is 11.3 Å². The number of thiophene rings is 1. The lowest BCUT2D eigenvalue weighted by molar-refractivity contribution is -0.140. The summed E-state index contributed by atoms with van der Waals surface area (Å²) in [6, 6.07) is 12.6. The fourth-order valence-corrected chi connectivity index (χ4v) is 6.44. The minimum absolute atomic E-state index is 0.154. The Morgan fingerprint density at radius 1 is 1.25 bits per heavy atom. The Kier molecular flexibility index (Phi) is 4.91. The van der Waals surface area contributed by atoms with Crippen LogP contribution in [-0.2, 0) is 14.8 Å². The molecule has 2 aromatic rings. The molecular formula is C20H22N2O4S2. The van der Waals surface area contributed by atoms with Crippen LogP contribution in [0.15, 0.2) is 52.7 Å². The second kappa shape index (κ2) is 7.11. The van der Waals surface area contributed by atoms with Gasteiger partial charge in [-0.15, -0.1) is 11.3 Å². The van der Waals surface area contributed by atoms with Crippen molar-refractivity contribution in [3.05, 3.63) is 59.0 Å². The maximum Gasteiger partial charge on any atom is 0.325 e. The Morgan fingerprint density at radius 2 is 2.00 bits per heavy atom. The van der Waals surface area contributed by atoms with E-state index in [0.29, 0.717) is 0 Å². The normalized spacial score (nSPS) is 25.3. The zero-order valence-electron chi connectivity index (χ0n) is 15.5. The highest BCUT2D eigenvalue weighted by molar-refractivity contribution is 7.91. The van der Waals surface area contributed by atoms with Crippen LogP contribution in [0.25, 0.3) is 5.57 Å². The molecule has 1 aromatic heterocycles. The van der Waals surface area contributed by atoms with Gasteiger partial charge in [0.1, 0.15) is 9.75 Å². The van der Waals surface area contributed by atoms with Crippen LogP contribution in [-0.4, -0.2) is 50.1 Å². The summed E-state index contributed by atoms with van der Waals surface area (Å²) in [6.45, 7) is 1.78. The fraction of sp³-hybridized carbons (Fsp3) is 0.350. The standard InChI is InChI=1S/C20H22N2O4S2/c1-22-11-9-15(10-12-22)17-7-8-18(27-17)28(25,26)21-20(19(23)24)13-16(20)14-5-3-2-4-6-14/h2-9,16,21H,10-13H2,1H3,(H,23,24)/t16-,20+/m1/s1. The number of likely N-dealkylation sites (N-methyl/N-ethyl adjacent to an activating group) is 1. The number of benzene rings is 1. The first-order valence-electron chi connectivity index (χ1n) is 9.12. The number of carboxylic acids is 1. The van der Waals surface area contributed by atoms with Gasteiger partial charge in [-0.3, -0.25) is 4.79 Å². The minimum Gasteiger partial charge on any atom is -0.480 e. The quantitative estimate of drug-likeness (QED) is 0.753. The number of hydrogen-bond acceptors (Lipinski definition) is 5. The predicted molar refractivity (Wildman–Crippen MR) is 109 cm³/mol. The third kappa shape index (κ3) is 3.53. The number of sulfonamides is 1. The van der Waals surface area contributed by atoms with Crippen molar-refractivity contribution in [3.63, 3.8) is 0 Å². The van der Waals surface area contributed by atoms with E-state index in [0.717, 1.165) is 35.5 Å². The number of rotatable bonds is 6. The van der Waals surface area contributed by atoms with Gasteiger partial charge in [-0.25, -0.2) is 8.42 Å². The summed E-state index contributed by atoms with van der Waals surface area (Å²) in [5, 5.41) is 9.74. The van der Waals surface area contributed by atoms with Crippen molar-refractivity contribution in [2.45, 2.75) is 28.5 Å². The van der Waals surface area contributed by atoms with Gasteiger partial charge < -0.3 is 10.0 Å². The summed E-state index contributed by atoms with van der Waals surface area (Å²) in [7, 11) is -1.87. The summed E-state index contributed by atoms with van der Waals surface area (Å²) in [5.41, 5.74) is 0.499. The smallest absolute Gasteiger partial charge is 0.325 e. The number of aliphatic carboxylic acids is 1. The first-order chi connectivity index (χ1) is 13.3. The molecule has 0 unspecified atom stereocenters. The molecule has 0 saturated heterocycles. The molecular weight excluding hydrogens is 396 g/mol. The molecule has 1 aliphatic heterocycles. The van der Waals surface area contributed by atoms with Crippen molar-refractivity contribution in [1.82, 2.24) is 9.62 Å². The lowest BCUT2D eigenvalue weighted by Gasteiger charge is -2.21. The van der Waals surface area contributed by atoms with E-state index in [-0.39, 0.29) is 16.5 Å². The Morgan fingerprint density at radius 3 is 2.64 bits per heavy atom. The van der Waals surface area contributed by atoms with Crippen molar-refractivity contribution in [2.24, 2.45) is 0 Å². The maximum absolute atomic E-state index is 12.9. The third-order valence-electron chi connectivity index (χ3n) is 5.44. The van der Waals surface area contributed by atoms with Crippen LogP contribution in [0.1, 0.15) is 29.2 Å². The highest BCUT2D eigenvalue weighted by Crippen LogP contribution is 2.52. The molecule has 1 fully saturated rings. The highest BCUT2D eigenvalue weighted by Gasteiger charge is 2.63. The van der Waals surface area contributed by atoms with Crippen LogP contribution in [0.2, 0.25) is 0 Å². The van der Waals surface area contributed by atoms with E-state index in [9.17, 15) is 18.3 Å². The Hall–Kier alpha value is -2.00. The van der Waals surface area contributed by atoms with E-state index in [4.69, 9.17) is 0 Å². The Labute approximate surface area is 168 Å². The van der Waals surface area contributed by atoms with Crippen molar-refractivity contribution in [3.8, 4) is 0 Å². The molecule has 1 saturated carbocycles. The van der Waals surface area contributed by atoms with Crippen molar-refractivity contribution in [1.29, 1.82) is 0 Å². The predicted octanol–water partition coefficient (Wildman–Crippen LogP) is 2.76. The molecule has 6 nitrogen and oxygen atoms in total. The van der Waals surface area contributed by atoms with Gasteiger partial charge in [0.25, 0.3) is 10.0 Å². The molecule has 2 aliphatic rings. The third-order valence-corrected chi connectivity index (χ3v) is 8.60. The van der Waals surface area contributed by atoms with Gasteiger partial charge in [0.2, 0.25) is 0 Å². The number of hydrogen-bond donors (Lipinski definition) is 2. The van der Waals surface area contributed by atoms with E-state index in [2.05, 4.69) is 15.7 Å². The van der Waals surface area contributed by atoms with E-state index < -0.39 is 21.5 Å². The van der Waals surface area contributed by atoms with Crippen LogP contribution < -0.4 is 4.72 Å². The van der Waals surface area contributed by atoms with Gasteiger partial charge in [0.05, 0.1) is 0 Å². The lowest BCUT2D eigenvalue weighted by Crippen LogP contribution is -2.44. The molecule has 8 heteroatoms. The van der Waals surface area contributed by atoms with Gasteiger partial charge >= 0.3 is 5.97 Å². The van der Waals surface area contributed by atoms with Crippen LogP contribution in [0, 0.1) is 0 Å². The van der Waals surface area contributed by atoms with E-state index in [1.165, 1.54) is 11.3 Å². The maximum atomic E-state index is 12.9. The monoisotopic (exact) mass is 418 g/mol. The molecule has 0 radical (unpaired) electrons. The minimum atomic E-state index is -3.92. The summed E-state index contributed by atoms with van der Waals surface area (Å²) in [6.07, 6.45) is 3.24. The average molecular weight is 419 g/mol. The Bertz CT molecular complexity index is 1030. The molecule has 2 N–H and O–H groups in total. The number of nitrogens with zero attached hydrogens (tertiary/aromatic N) is 1. The SMILES string of the molecule is CN1CC=C(c2ccc(S(=O)(=O)N[C@@]3(C(=O)O)C[C@@H]3c3ccccc3)s2)CC1. The number of carbonyl (C=O) groups is 1. The Balaban J connectivity index is 1.57. The highest BCUT2D eigenvalue weighted by atomic mass is 32.2. The largest absolute Gasteiger partial charge is 0.480 e. The second-order valence-electron chi connectivity index (χ2n) is 7.41. The molecule has 148 valence electrons. The first kappa shape index (κ1) is 19.3. The van der Waals surface area contributed by atoms with Gasteiger partial charge in [-0.05, 0) is 43.2 Å². The summed E-state index contributed by atoms with van der Waals surface area (Å²) < 4.78 is 28.5. The summed E-state index contributed by atoms with van der Waals surface area (Å²) in [5.74, 6) is -1.50. The van der Waals surface area contributed by atoms with E-state index in [1.54, 1.807) is 6.07 Å². The molecule has 0 spiro atoms. The molecule has 4 rings (SSSR count). The van der Waals surface area contributed by atoms with Crippen molar-refractivity contribution in [2.75, 3.05) is 20.1 Å². The van der Waals surface area contributed by atoms with Crippen molar-refractivity contribution >= 4 is 32.9 Å². The van der Waals surface area contributed by atoms with Crippen LogP contribution in [0.4, 0.5) is 0 Å². The number of carboxylic acid groups (broad SMARTS) is 1. The molecule has 1 aliphatic carbocycles. The van der Waals surface area contributed by atoms with Gasteiger partial charge in [-0.2, -0.15) is 4.72 Å². The van der Waals surface area contributed by atoms with Crippen molar-refractivity contribution < 1.29 is 18.3 Å². The molecule has 1 aromatic carbocycles. The molecule has 28 heavy (non-hydrogen) atoms. The molecule has 0 bridgehead atoms. The lowest BCUT2D eigenvalue weighted by atomic mass is 10.1. The van der Waals surface area contributed by atoms with Gasteiger partial charge in [0, 0.05) is 23.9 Å². The molecule has 0 amide bonds. The number of nitrogens with one attached hydrogen (secondary N) is 1. The van der Waals surface area contributed by atoms with Crippen LogP contribution in [0.5, 0.6) is 0 Å². The second-order valence-corrected chi connectivity index (χ2v) is 10.4. The summed E-state index contributed by atoms with van der Waals surface area (Å²) >= 11 is 1.19. The summed E-state index contributed by atoms with van der Waals surface area (Å²) in [4.78, 5) is 15.0. The zero-order valence-corrected chi connectivity index (χ0v) is 17.1. The zero-order chi connectivity index (χ0) is 19.9. The van der Waals surface area contributed by atoms with Gasteiger partial charge in [0.15, 0.2) is 0 Å². The van der Waals surface area contributed by atoms with Crippen LogP contribution in [0.3, 0.4) is 0 Å². The topological polar surface area (TPSA) is 86.7 Å².